The lowest BCUT2D eigenvalue weighted by molar-refractivity contribution is 0.0572. The average molecular weight is 332 g/mol. The van der Waals surface area contributed by atoms with Gasteiger partial charge in [-0.05, 0) is 32.2 Å². The zero-order valence-electron chi connectivity index (χ0n) is 10.5. The Morgan fingerprint density at radius 1 is 1.39 bits per heavy atom. The molecule has 1 fully saturated rings. The van der Waals surface area contributed by atoms with Crippen molar-refractivity contribution < 1.29 is 4.79 Å². The summed E-state index contributed by atoms with van der Waals surface area (Å²) in [6.45, 7) is 4.57. The van der Waals surface area contributed by atoms with Gasteiger partial charge in [-0.3, -0.25) is 4.79 Å². The van der Waals surface area contributed by atoms with Gasteiger partial charge < -0.3 is 9.80 Å². The van der Waals surface area contributed by atoms with Gasteiger partial charge in [0, 0.05) is 40.7 Å². The molecule has 1 atom stereocenters. The number of piperazine rings is 1. The first-order valence-electron chi connectivity index (χ1n) is 5.93. The van der Waals surface area contributed by atoms with Crippen LogP contribution in [0, 0.1) is 0 Å². The van der Waals surface area contributed by atoms with Crippen LogP contribution in [0.2, 0.25) is 5.02 Å². The number of carbonyl (C=O) groups excluding carboxylic acids is 1. The normalized spacial score (nSPS) is 21.1. The van der Waals surface area contributed by atoms with Gasteiger partial charge >= 0.3 is 0 Å². The number of benzene rings is 1. The van der Waals surface area contributed by atoms with E-state index in [2.05, 4.69) is 34.8 Å². The van der Waals surface area contributed by atoms with Crippen LogP contribution in [0.1, 0.15) is 17.3 Å². The number of halogens is 2. The zero-order chi connectivity index (χ0) is 13.3. The van der Waals surface area contributed by atoms with E-state index in [0.29, 0.717) is 16.6 Å². The second kappa shape index (κ2) is 5.59. The van der Waals surface area contributed by atoms with Crippen molar-refractivity contribution in [3.8, 4) is 0 Å². The highest BCUT2D eigenvalue weighted by Gasteiger charge is 2.25. The molecule has 1 heterocycles. The van der Waals surface area contributed by atoms with Crippen molar-refractivity contribution in [1.82, 2.24) is 9.80 Å². The summed E-state index contributed by atoms with van der Waals surface area (Å²) < 4.78 is 0.834. The molecule has 0 bridgehead atoms. The largest absolute Gasteiger partial charge is 0.336 e. The maximum Gasteiger partial charge on any atom is 0.254 e. The third-order valence-corrected chi connectivity index (χ3v) is 4.03. The molecule has 0 radical (unpaired) electrons. The van der Waals surface area contributed by atoms with Crippen molar-refractivity contribution in [3.63, 3.8) is 0 Å². The standard InChI is InChI=1S/C13H16BrClN2O/c1-9-8-17(4-3-16(9)2)13(18)10-5-11(14)7-12(15)6-10/h5-7,9H,3-4,8H2,1-2H3. The fourth-order valence-electron chi connectivity index (χ4n) is 2.09. The van der Waals surface area contributed by atoms with Crippen LogP contribution in [0.4, 0.5) is 0 Å². The van der Waals surface area contributed by atoms with Crippen LogP contribution in [0.5, 0.6) is 0 Å². The zero-order valence-corrected chi connectivity index (χ0v) is 12.8. The number of nitrogens with zero attached hydrogens (tertiary/aromatic N) is 2. The van der Waals surface area contributed by atoms with Gasteiger partial charge in [0.05, 0.1) is 0 Å². The molecule has 1 aromatic rings. The Hall–Kier alpha value is -0.580. The third-order valence-electron chi connectivity index (χ3n) is 3.36. The molecule has 0 saturated carbocycles. The Balaban J connectivity index is 2.16. The number of rotatable bonds is 1. The Labute approximate surface area is 121 Å². The molecule has 0 spiro atoms. The van der Waals surface area contributed by atoms with Crippen LogP contribution in [-0.2, 0) is 0 Å². The van der Waals surface area contributed by atoms with Gasteiger partial charge in [0.1, 0.15) is 0 Å². The first-order valence-corrected chi connectivity index (χ1v) is 7.10. The lowest BCUT2D eigenvalue weighted by Crippen LogP contribution is -2.52. The highest BCUT2D eigenvalue weighted by molar-refractivity contribution is 9.10. The Bertz CT molecular complexity index is 446. The molecule has 18 heavy (non-hydrogen) atoms. The van der Waals surface area contributed by atoms with E-state index in [1.54, 1.807) is 12.1 Å². The number of likely N-dealkylation sites (N-methyl/N-ethyl adjacent to an activating group) is 1. The van der Waals surface area contributed by atoms with Crippen LogP contribution in [0.3, 0.4) is 0 Å². The van der Waals surface area contributed by atoms with Crippen molar-refractivity contribution in [2.24, 2.45) is 0 Å². The molecular formula is C13H16BrClN2O. The highest BCUT2D eigenvalue weighted by atomic mass is 79.9. The smallest absolute Gasteiger partial charge is 0.254 e. The van der Waals surface area contributed by atoms with Gasteiger partial charge in [0.25, 0.3) is 5.91 Å². The predicted molar refractivity (Wildman–Crippen MR) is 77.1 cm³/mol. The molecule has 0 aromatic heterocycles. The first kappa shape index (κ1) is 13.8. The van der Waals surface area contributed by atoms with Crippen LogP contribution in [0.15, 0.2) is 22.7 Å². The summed E-state index contributed by atoms with van der Waals surface area (Å²) in [5, 5.41) is 0.579. The monoisotopic (exact) mass is 330 g/mol. The molecule has 0 N–H and O–H groups in total. The van der Waals surface area contributed by atoms with E-state index in [9.17, 15) is 4.79 Å². The van der Waals surface area contributed by atoms with E-state index >= 15 is 0 Å². The fourth-order valence-corrected chi connectivity index (χ4v) is 2.95. The van der Waals surface area contributed by atoms with E-state index in [4.69, 9.17) is 11.6 Å². The molecule has 1 aliphatic rings. The molecule has 3 nitrogen and oxygen atoms in total. The minimum absolute atomic E-state index is 0.0538. The lowest BCUT2D eigenvalue weighted by atomic mass is 10.1. The van der Waals surface area contributed by atoms with E-state index in [-0.39, 0.29) is 5.91 Å². The molecule has 1 aromatic carbocycles. The van der Waals surface area contributed by atoms with E-state index in [1.165, 1.54) is 0 Å². The summed E-state index contributed by atoms with van der Waals surface area (Å²) in [7, 11) is 2.09. The first-order chi connectivity index (χ1) is 8.47. The summed E-state index contributed by atoms with van der Waals surface area (Å²) in [4.78, 5) is 16.5. The second-order valence-electron chi connectivity index (χ2n) is 4.74. The van der Waals surface area contributed by atoms with Crippen molar-refractivity contribution >= 4 is 33.4 Å². The topological polar surface area (TPSA) is 23.6 Å². The second-order valence-corrected chi connectivity index (χ2v) is 6.09. The van der Waals surface area contributed by atoms with Crippen LogP contribution in [-0.4, -0.2) is 48.4 Å². The van der Waals surface area contributed by atoms with Gasteiger partial charge in [0.15, 0.2) is 0 Å². The molecule has 5 heteroatoms. The Kier molecular flexibility index (Phi) is 4.30. The molecule has 2 rings (SSSR count). The highest BCUT2D eigenvalue weighted by Crippen LogP contribution is 2.21. The average Bonchev–Trinajstić information content (AvgIpc) is 2.30. The molecule has 1 aliphatic heterocycles. The molecule has 1 unspecified atom stereocenters. The maximum absolute atomic E-state index is 12.4. The number of hydrogen-bond acceptors (Lipinski definition) is 2. The number of carbonyl (C=O) groups is 1. The third kappa shape index (κ3) is 3.05. The molecule has 1 saturated heterocycles. The van der Waals surface area contributed by atoms with Crippen molar-refractivity contribution in [2.45, 2.75) is 13.0 Å². The van der Waals surface area contributed by atoms with Crippen molar-refractivity contribution in [3.05, 3.63) is 33.3 Å². The van der Waals surface area contributed by atoms with E-state index < -0.39 is 0 Å². The predicted octanol–water partition coefficient (Wildman–Crippen LogP) is 2.88. The van der Waals surface area contributed by atoms with Gasteiger partial charge in [-0.2, -0.15) is 0 Å². The Morgan fingerprint density at radius 2 is 2.11 bits per heavy atom. The van der Waals surface area contributed by atoms with E-state index in [0.717, 1.165) is 24.1 Å². The van der Waals surface area contributed by atoms with Crippen molar-refractivity contribution in [1.29, 1.82) is 0 Å². The van der Waals surface area contributed by atoms with Crippen LogP contribution < -0.4 is 0 Å². The summed E-state index contributed by atoms with van der Waals surface area (Å²) in [5.74, 6) is 0.0538. The SMILES string of the molecule is CC1CN(C(=O)c2cc(Cl)cc(Br)c2)CCN1C. The van der Waals surface area contributed by atoms with Gasteiger partial charge in [-0.1, -0.05) is 27.5 Å². The lowest BCUT2D eigenvalue weighted by Gasteiger charge is -2.37. The van der Waals surface area contributed by atoms with E-state index in [1.807, 2.05) is 11.0 Å². The molecule has 98 valence electrons. The summed E-state index contributed by atoms with van der Waals surface area (Å²) in [5.41, 5.74) is 0.645. The molecular weight excluding hydrogens is 316 g/mol. The maximum atomic E-state index is 12.4. The summed E-state index contributed by atoms with van der Waals surface area (Å²) in [6, 6.07) is 5.71. The molecule has 0 aliphatic carbocycles. The van der Waals surface area contributed by atoms with Gasteiger partial charge in [0.2, 0.25) is 0 Å². The van der Waals surface area contributed by atoms with Gasteiger partial charge in [-0.25, -0.2) is 0 Å². The number of hydrogen-bond donors (Lipinski definition) is 0. The summed E-state index contributed by atoms with van der Waals surface area (Å²) >= 11 is 9.34. The summed E-state index contributed by atoms with van der Waals surface area (Å²) in [6.07, 6.45) is 0. The number of amides is 1. The van der Waals surface area contributed by atoms with Crippen molar-refractivity contribution in [2.75, 3.05) is 26.7 Å². The Morgan fingerprint density at radius 3 is 2.72 bits per heavy atom. The minimum atomic E-state index is 0.0538. The quantitative estimate of drug-likeness (QED) is 0.790. The van der Waals surface area contributed by atoms with Gasteiger partial charge in [-0.15, -0.1) is 0 Å². The van der Waals surface area contributed by atoms with Crippen LogP contribution in [0.25, 0.3) is 0 Å². The minimum Gasteiger partial charge on any atom is -0.336 e. The fraction of sp³-hybridized carbons (Fsp3) is 0.462. The van der Waals surface area contributed by atoms with Crippen LogP contribution >= 0.6 is 27.5 Å². The molecule has 1 amide bonds.